The molecule has 0 aliphatic rings. The summed E-state index contributed by atoms with van der Waals surface area (Å²) in [4.78, 5) is 4.52. The van der Waals surface area contributed by atoms with Gasteiger partial charge in [-0.3, -0.25) is 0 Å². The quantitative estimate of drug-likeness (QED) is 0.836. The van der Waals surface area contributed by atoms with Crippen molar-refractivity contribution in [1.29, 1.82) is 5.26 Å². The van der Waals surface area contributed by atoms with Crippen LogP contribution in [0.2, 0.25) is 0 Å². The van der Waals surface area contributed by atoms with E-state index in [4.69, 9.17) is 9.68 Å². The molecule has 4 nitrogen and oxygen atoms in total. The van der Waals surface area contributed by atoms with Crippen molar-refractivity contribution in [2.45, 2.75) is 46.5 Å². The molecule has 2 aromatic rings. The van der Waals surface area contributed by atoms with Gasteiger partial charge in [-0.1, -0.05) is 27.7 Å². The average molecular weight is 285 g/mol. The van der Waals surface area contributed by atoms with Crippen molar-refractivity contribution in [1.82, 2.24) is 4.98 Å². The predicted octanol–water partition coefficient (Wildman–Crippen LogP) is 4.69. The number of oxazole rings is 1. The molecule has 1 N–H and O–H groups in total. The molecule has 112 valence electrons. The summed E-state index contributed by atoms with van der Waals surface area (Å²) in [5.74, 6) is 1.07. The standard InChI is InChI=1S/C17H23N3O/c1-12(2)16-20-14-10-13(6-7-15(14)21-16)19-11-17(3,4)8-5-9-18/h6-7,10,12,19H,5,8,11H2,1-4H3. The number of hydrogen-bond donors (Lipinski definition) is 1. The predicted molar refractivity (Wildman–Crippen MR) is 85.2 cm³/mol. The first-order valence-corrected chi connectivity index (χ1v) is 7.42. The van der Waals surface area contributed by atoms with E-state index in [1.807, 2.05) is 18.2 Å². The van der Waals surface area contributed by atoms with Crippen LogP contribution in [0.4, 0.5) is 5.69 Å². The van der Waals surface area contributed by atoms with Gasteiger partial charge in [0.15, 0.2) is 11.5 Å². The smallest absolute Gasteiger partial charge is 0.198 e. The maximum atomic E-state index is 8.69. The number of aromatic nitrogens is 1. The maximum absolute atomic E-state index is 8.69. The van der Waals surface area contributed by atoms with E-state index in [0.29, 0.717) is 12.3 Å². The lowest BCUT2D eigenvalue weighted by Gasteiger charge is -2.24. The largest absolute Gasteiger partial charge is 0.440 e. The van der Waals surface area contributed by atoms with Crippen LogP contribution in [-0.4, -0.2) is 11.5 Å². The first kappa shape index (κ1) is 15.4. The molecular formula is C17H23N3O. The Hall–Kier alpha value is -2.02. The van der Waals surface area contributed by atoms with Crippen LogP contribution in [0, 0.1) is 16.7 Å². The summed E-state index contributed by atoms with van der Waals surface area (Å²) in [6.07, 6.45) is 1.48. The number of fused-ring (bicyclic) bond motifs is 1. The average Bonchev–Trinajstić information content (AvgIpc) is 2.86. The number of rotatable bonds is 6. The van der Waals surface area contributed by atoms with Crippen LogP contribution in [0.5, 0.6) is 0 Å². The molecule has 21 heavy (non-hydrogen) atoms. The van der Waals surface area contributed by atoms with E-state index in [9.17, 15) is 0 Å². The van der Waals surface area contributed by atoms with Crippen LogP contribution in [0.3, 0.4) is 0 Å². The molecule has 0 unspecified atom stereocenters. The molecule has 0 saturated heterocycles. The van der Waals surface area contributed by atoms with Crippen LogP contribution < -0.4 is 5.32 Å². The molecule has 0 aliphatic heterocycles. The molecule has 0 atom stereocenters. The Morgan fingerprint density at radius 1 is 1.38 bits per heavy atom. The second-order valence-corrected chi connectivity index (χ2v) is 6.57. The van der Waals surface area contributed by atoms with Crippen molar-refractivity contribution >= 4 is 16.8 Å². The zero-order valence-corrected chi connectivity index (χ0v) is 13.2. The molecule has 0 saturated carbocycles. The van der Waals surface area contributed by atoms with Gasteiger partial charge in [-0.15, -0.1) is 0 Å². The molecule has 0 bridgehead atoms. The van der Waals surface area contributed by atoms with E-state index in [0.717, 1.165) is 35.6 Å². The van der Waals surface area contributed by atoms with Crippen molar-refractivity contribution in [2.24, 2.45) is 5.41 Å². The fraction of sp³-hybridized carbons (Fsp3) is 0.529. The van der Waals surface area contributed by atoms with Gasteiger partial charge in [0, 0.05) is 24.6 Å². The van der Waals surface area contributed by atoms with Gasteiger partial charge >= 0.3 is 0 Å². The number of nitrogens with zero attached hydrogens (tertiary/aromatic N) is 2. The van der Waals surface area contributed by atoms with Gasteiger partial charge in [-0.2, -0.15) is 5.26 Å². The number of anilines is 1. The Balaban J connectivity index is 2.07. The fourth-order valence-electron chi connectivity index (χ4n) is 2.13. The molecule has 0 aliphatic carbocycles. The first-order chi connectivity index (χ1) is 9.91. The first-order valence-electron chi connectivity index (χ1n) is 7.42. The van der Waals surface area contributed by atoms with Gasteiger partial charge in [0.2, 0.25) is 0 Å². The van der Waals surface area contributed by atoms with E-state index in [1.54, 1.807) is 0 Å². The van der Waals surface area contributed by atoms with Crippen LogP contribution in [0.1, 0.15) is 52.3 Å². The van der Waals surface area contributed by atoms with E-state index in [2.05, 4.69) is 44.1 Å². The highest BCUT2D eigenvalue weighted by atomic mass is 16.3. The maximum Gasteiger partial charge on any atom is 0.198 e. The number of nitrogens with one attached hydrogen (secondary N) is 1. The highest BCUT2D eigenvalue weighted by Crippen LogP contribution is 2.26. The minimum atomic E-state index is 0.0948. The molecule has 4 heteroatoms. The van der Waals surface area contributed by atoms with Crippen molar-refractivity contribution in [3.8, 4) is 6.07 Å². The summed E-state index contributed by atoms with van der Waals surface area (Å²) in [6, 6.07) is 8.20. The zero-order valence-electron chi connectivity index (χ0n) is 13.2. The third-order valence-electron chi connectivity index (χ3n) is 3.58. The fourth-order valence-corrected chi connectivity index (χ4v) is 2.13. The Morgan fingerprint density at radius 3 is 2.81 bits per heavy atom. The number of benzene rings is 1. The summed E-state index contributed by atoms with van der Waals surface area (Å²) in [5, 5.41) is 12.1. The lowest BCUT2D eigenvalue weighted by molar-refractivity contribution is 0.364. The molecule has 0 radical (unpaired) electrons. The van der Waals surface area contributed by atoms with Crippen molar-refractivity contribution < 1.29 is 4.42 Å². The van der Waals surface area contributed by atoms with Gasteiger partial charge in [-0.05, 0) is 30.0 Å². The number of nitriles is 1. The van der Waals surface area contributed by atoms with Crippen LogP contribution in [0.15, 0.2) is 22.6 Å². The topological polar surface area (TPSA) is 61.9 Å². The van der Waals surface area contributed by atoms with E-state index in [-0.39, 0.29) is 5.41 Å². The molecule has 0 fully saturated rings. The summed E-state index contributed by atoms with van der Waals surface area (Å²) in [6.45, 7) is 9.31. The minimum absolute atomic E-state index is 0.0948. The summed E-state index contributed by atoms with van der Waals surface area (Å²) >= 11 is 0. The molecule has 1 aromatic heterocycles. The van der Waals surface area contributed by atoms with Crippen LogP contribution in [-0.2, 0) is 0 Å². The second kappa shape index (κ2) is 6.17. The Bertz CT molecular complexity index is 650. The summed E-state index contributed by atoms with van der Waals surface area (Å²) in [7, 11) is 0. The molecule has 2 rings (SSSR count). The third-order valence-corrected chi connectivity index (χ3v) is 3.58. The van der Waals surface area contributed by atoms with Gasteiger partial charge in [-0.25, -0.2) is 4.98 Å². The SMILES string of the molecule is CC(C)c1nc2cc(NCC(C)(C)CCC#N)ccc2o1. The van der Waals surface area contributed by atoms with Gasteiger partial charge in [0.1, 0.15) is 5.52 Å². The lowest BCUT2D eigenvalue weighted by Crippen LogP contribution is -2.22. The lowest BCUT2D eigenvalue weighted by atomic mass is 9.88. The molecule has 1 aromatic carbocycles. The zero-order chi connectivity index (χ0) is 15.5. The van der Waals surface area contributed by atoms with Gasteiger partial charge in [0.25, 0.3) is 0 Å². The highest BCUT2D eigenvalue weighted by molar-refractivity contribution is 5.77. The van der Waals surface area contributed by atoms with E-state index in [1.165, 1.54) is 0 Å². The Morgan fingerprint density at radius 2 is 2.14 bits per heavy atom. The number of hydrogen-bond acceptors (Lipinski definition) is 4. The van der Waals surface area contributed by atoms with Gasteiger partial charge < -0.3 is 9.73 Å². The van der Waals surface area contributed by atoms with Crippen molar-refractivity contribution in [3.63, 3.8) is 0 Å². The van der Waals surface area contributed by atoms with Crippen LogP contribution >= 0.6 is 0 Å². The molecular weight excluding hydrogens is 262 g/mol. The van der Waals surface area contributed by atoms with E-state index >= 15 is 0 Å². The third kappa shape index (κ3) is 3.98. The normalized spacial score (nSPS) is 11.8. The Labute approximate surface area is 126 Å². The van der Waals surface area contributed by atoms with E-state index < -0.39 is 0 Å². The molecule has 1 heterocycles. The summed E-state index contributed by atoms with van der Waals surface area (Å²) in [5.41, 5.74) is 2.85. The highest BCUT2D eigenvalue weighted by Gasteiger charge is 2.17. The van der Waals surface area contributed by atoms with Crippen molar-refractivity contribution in [2.75, 3.05) is 11.9 Å². The van der Waals surface area contributed by atoms with Gasteiger partial charge in [0.05, 0.1) is 6.07 Å². The van der Waals surface area contributed by atoms with Crippen LogP contribution in [0.25, 0.3) is 11.1 Å². The summed E-state index contributed by atoms with van der Waals surface area (Å²) < 4.78 is 5.71. The molecule has 0 spiro atoms. The Kier molecular flexibility index (Phi) is 4.52. The monoisotopic (exact) mass is 285 g/mol. The minimum Gasteiger partial charge on any atom is -0.440 e. The second-order valence-electron chi connectivity index (χ2n) is 6.57. The van der Waals surface area contributed by atoms with Crippen molar-refractivity contribution in [3.05, 3.63) is 24.1 Å². The molecule has 0 amide bonds.